The summed E-state index contributed by atoms with van der Waals surface area (Å²) in [5.74, 6) is 3.24. The predicted octanol–water partition coefficient (Wildman–Crippen LogP) is 5.11. The van der Waals surface area contributed by atoms with Gasteiger partial charge in [-0.3, -0.25) is 9.47 Å². The van der Waals surface area contributed by atoms with Crippen LogP contribution in [0.2, 0.25) is 5.02 Å². The van der Waals surface area contributed by atoms with E-state index < -0.39 is 0 Å². The van der Waals surface area contributed by atoms with Crippen LogP contribution in [0.5, 0.6) is 11.5 Å². The largest absolute Gasteiger partial charge is 0.497 e. The SMILES string of the molecule is CCC(c1nnc(SCCOc2cccc(Cl)c2)n1-c1ccc(OC)cc1)N(C)C. The topological polar surface area (TPSA) is 52.4 Å². The summed E-state index contributed by atoms with van der Waals surface area (Å²) in [7, 11) is 5.79. The van der Waals surface area contributed by atoms with Crippen molar-refractivity contribution in [3.8, 4) is 17.2 Å². The van der Waals surface area contributed by atoms with Crippen molar-refractivity contribution >= 4 is 23.4 Å². The minimum Gasteiger partial charge on any atom is -0.497 e. The summed E-state index contributed by atoms with van der Waals surface area (Å²) in [5, 5.41) is 10.5. The van der Waals surface area contributed by atoms with Crippen LogP contribution < -0.4 is 9.47 Å². The third-order valence-corrected chi connectivity index (χ3v) is 5.80. The molecule has 0 aliphatic carbocycles. The molecule has 30 heavy (non-hydrogen) atoms. The number of benzene rings is 2. The maximum absolute atomic E-state index is 6.02. The number of ether oxygens (including phenoxy) is 2. The predicted molar refractivity (Wildman–Crippen MR) is 122 cm³/mol. The molecule has 3 aromatic rings. The second-order valence-corrected chi connectivity index (χ2v) is 8.41. The molecule has 0 spiro atoms. The Hall–Kier alpha value is -2.22. The van der Waals surface area contributed by atoms with Crippen LogP contribution in [0.25, 0.3) is 5.69 Å². The average Bonchev–Trinajstić information content (AvgIpc) is 3.15. The lowest BCUT2D eigenvalue weighted by Crippen LogP contribution is -2.22. The highest BCUT2D eigenvalue weighted by molar-refractivity contribution is 7.99. The Balaban J connectivity index is 1.79. The van der Waals surface area contributed by atoms with Crippen molar-refractivity contribution in [1.82, 2.24) is 19.7 Å². The fourth-order valence-corrected chi connectivity index (χ4v) is 4.15. The van der Waals surface area contributed by atoms with Crippen molar-refractivity contribution in [2.45, 2.75) is 24.5 Å². The Morgan fingerprint density at radius 3 is 2.50 bits per heavy atom. The van der Waals surface area contributed by atoms with E-state index in [1.807, 2.05) is 48.5 Å². The van der Waals surface area contributed by atoms with E-state index in [1.165, 1.54) is 0 Å². The molecule has 0 aliphatic rings. The van der Waals surface area contributed by atoms with Crippen LogP contribution in [0.1, 0.15) is 25.2 Å². The lowest BCUT2D eigenvalue weighted by Gasteiger charge is -2.23. The Morgan fingerprint density at radius 2 is 1.87 bits per heavy atom. The maximum atomic E-state index is 6.02. The van der Waals surface area contributed by atoms with Gasteiger partial charge in [-0.2, -0.15) is 0 Å². The van der Waals surface area contributed by atoms with E-state index in [-0.39, 0.29) is 6.04 Å². The zero-order chi connectivity index (χ0) is 21.5. The smallest absolute Gasteiger partial charge is 0.196 e. The molecule has 0 saturated carbocycles. The van der Waals surface area contributed by atoms with E-state index in [1.54, 1.807) is 18.9 Å². The van der Waals surface area contributed by atoms with Crippen LogP contribution in [0, 0.1) is 0 Å². The van der Waals surface area contributed by atoms with E-state index in [4.69, 9.17) is 21.1 Å². The van der Waals surface area contributed by atoms with E-state index in [2.05, 4.69) is 40.7 Å². The molecular formula is C22H27ClN4O2S. The quantitative estimate of drug-likeness (QED) is 0.318. The van der Waals surface area contributed by atoms with Crippen LogP contribution in [0.4, 0.5) is 0 Å². The third kappa shape index (κ3) is 5.47. The molecule has 0 aliphatic heterocycles. The van der Waals surface area contributed by atoms with Crippen LogP contribution in [0.3, 0.4) is 0 Å². The molecule has 0 bridgehead atoms. The lowest BCUT2D eigenvalue weighted by molar-refractivity contribution is 0.276. The number of thioether (sulfide) groups is 1. The molecule has 6 nitrogen and oxygen atoms in total. The van der Waals surface area contributed by atoms with Crippen LogP contribution >= 0.6 is 23.4 Å². The normalized spacial score (nSPS) is 12.2. The number of methoxy groups -OCH3 is 1. The molecule has 160 valence electrons. The molecule has 1 aromatic heterocycles. The fourth-order valence-electron chi connectivity index (χ4n) is 3.19. The Labute approximate surface area is 187 Å². The molecule has 0 amide bonds. The Bertz CT molecular complexity index is 947. The highest BCUT2D eigenvalue weighted by Crippen LogP contribution is 2.29. The Morgan fingerprint density at radius 1 is 1.10 bits per heavy atom. The summed E-state index contributed by atoms with van der Waals surface area (Å²) in [6, 6.07) is 15.5. The van der Waals surface area contributed by atoms with Crippen molar-refractivity contribution in [2.24, 2.45) is 0 Å². The van der Waals surface area contributed by atoms with Crippen LogP contribution in [-0.2, 0) is 0 Å². The number of rotatable bonds is 10. The minimum atomic E-state index is 0.164. The van der Waals surface area contributed by atoms with Gasteiger partial charge < -0.3 is 9.47 Å². The van der Waals surface area contributed by atoms with Gasteiger partial charge >= 0.3 is 0 Å². The molecule has 0 radical (unpaired) electrons. The standard InChI is InChI=1S/C22H27ClN4O2S/c1-5-20(26(2)3)21-24-25-22(27(21)17-9-11-18(28-4)12-10-17)30-14-13-29-19-8-6-7-16(23)15-19/h6-12,15,20H,5,13-14H2,1-4H3. The molecular weight excluding hydrogens is 420 g/mol. The first kappa shape index (κ1) is 22.5. The molecule has 1 atom stereocenters. The monoisotopic (exact) mass is 446 g/mol. The number of aromatic nitrogens is 3. The average molecular weight is 447 g/mol. The van der Waals surface area contributed by atoms with Crippen molar-refractivity contribution in [1.29, 1.82) is 0 Å². The summed E-state index contributed by atoms with van der Waals surface area (Å²) in [6.45, 7) is 2.70. The van der Waals surface area contributed by atoms with Gasteiger partial charge in [0.2, 0.25) is 0 Å². The van der Waals surface area contributed by atoms with E-state index >= 15 is 0 Å². The molecule has 0 fully saturated rings. The lowest BCUT2D eigenvalue weighted by atomic mass is 10.2. The van der Waals surface area contributed by atoms with Crippen molar-refractivity contribution in [2.75, 3.05) is 33.6 Å². The minimum absolute atomic E-state index is 0.164. The van der Waals surface area contributed by atoms with Gasteiger partial charge in [-0.1, -0.05) is 36.4 Å². The molecule has 0 saturated heterocycles. The first-order chi connectivity index (χ1) is 14.5. The molecule has 2 aromatic carbocycles. The van der Waals surface area contributed by atoms with Crippen LogP contribution in [0.15, 0.2) is 53.7 Å². The van der Waals surface area contributed by atoms with Crippen molar-refractivity contribution in [3.05, 3.63) is 59.4 Å². The summed E-state index contributed by atoms with van der Waals surface area (Å²) < 4.78 is 13.2. The number of hydrogen-bond donors (Lipinski definition) is 0. The molecule has 0 N–H and O–H groups in total. The van der Waals surface area contributed by atoms with Crippen LogP contribution in [-0.4, -0.2) is 53.2 Å². The first-order valence-corrected chi connectivity index (χ1v) is 11.2. The molecule has 8 heteroatoms. The van der Waals surface area contributed by atoms with E-state index in [0.29, 0.717) is 11.6 Å². The fraction of sp³-hybridized carbons (Fsp3) is 0.364. The van der Waals surface area contributed by atoms with E-state index in [0.717, 1.165) is 40.3 Å². The molecule has 3 rings (SSSR count). The zero-order valence-electron chi connectivity index (χ0n) is 17.7. The van der Waals surface area contributed by atoms with Crippen molar-refractivity contribution in [3.63, 3.8) is 0 Å². The Kier molecular flexibility index (Phi) is 8.01. The molecule has 1 heterocycles. The molecule has 1 unspecified atom stereocenters. The maximum Gasteiger partial charge on any atom is 0.196 e. The first-order valence-electron chi connectivity index (χ1n) is 9.80. The van der Waals surface area contributed by atoms with E-state index in [9.17, 15) is 0 Å². The van der Waals surface area contributed by atoms with Crippen molar-refractivity contribution < 1.29 is 9.47 Å². The van der Waals surface area contributed by atoms with Gasteiger partial charge in [0.15, 0.2) is 11.0 Å². The summed E-state index contributed by atoms with van der Waals surface area (Å²) in [5.41, 5.74) is 1.01. The highest BCUT2D eigenvalue weighted by Gasteiger charge is 2.23. The van der Waals surface area contributed by atoms with Gasteiger partial charge in [-0.05, 0) is 63.0 Å². The summed E-state index contributed by atoms with van der Waals surface area (Å²) in [4.78, 5) is 2.17. The number of hydrogen-bond acceptors (Lipinski definition) is 6. The number of nitrogens with zero attached hydrogens (tertiary/aromatic N) is 4. The summed E-state index contributed by atoms with van der Waals surface area (Å²) in [6.07, 6.45) is 0.934. The summed E-state index contributed by atoms with van der Waals surface area (Å²) >= 11 is 7.63. The van der Waals surface area contributed by atoms with Gasteiger partial charge in [0.1, 0.15) is 11.5 Å². The van der Waals surface area contributed by atoms with Gasteiger partial charge in [0.25, 0.3) is 0 Å². The number of halogens is 1. The zero-order valence-corrected chi connectivity index (χ0v) is 19.3. The van der Waals surface area contributed by atoms with Gasteiger partial charge in [-0.25, -0.2) is 0 Å². The second kappa shape index (κ2) is 10.7. The second-order valence-electron chi connectivity index (χ2n) is 6.92. The third-order valence-electron chi connectivity index (χ3n) is 4.68. The van der Waals surface area contributed by atoms with Gasteiger partial charge in [-0.15, -0.1) is 10.2 Å². The van der Waals surface area contributed by atoms with Gasteiger partial charge in [0.05, 0.1) is 19.8 Å². The highest BCUT2D eigenvalue weighted by atomic mass is 35.5. The van der Waals surface area contributed by atoms with Gasteiger partial charge in [0, 0.05) is 16.5 Å².